The second-order valence-electron chi connectivity index (χ2n) is 8.55. The van der Waals surface area contributed by atoms with Gasteiger partial charge < -0.3 is 0 Å². The van der Waals surface area contributed by atoms with Crippen LogP contribution in [0.4, 0.5) is 0 Å². The first-order valence-corrected chi connectivity index (χ1v) is 8.64. The summed E-state index contributed by atoms with van der Waals surface area (Å²) in [7, 11) is 2.11. The Morgan fingerprint density at radius 2 is 1.67 bits per heavy atom. The van der Waals surface area contributed by atoms with Crippen molar-refractivity contribution in [3.63, 3.8) is 0 Å². The molecule has 0 spiro atoms. The van der Waals surface area contributed by atoms with Gasteiger partial charge in [0.15, 0.2) is 0 Å². The maximum Gasteiger partial charge on any atom is 0.0234 e. The van der Waals surface area contributed by atoms with Gasteiger partial charge in [0.05, 0.1) is 0 Å². The fourth-order valence-electron chi connectivity index (χ4n) is 2.24. The molecule has 0 aliphatic heterocycles. The molecule has 0 saturated heterocycles. The monoisotopic (exact) mass is 323 g/mol. The fourth-order valence-corrected chi connectivity index (χ4v) is 2.24. The number of hydrogen-bond donors (Lipinski definition) is 0. The molecule has 0 N–H and O–H groups in total. The van der Waals surface area contributed by atoms with Crippen molar-refractivity contribution in [3.8, 4) is 11.8 Å². The van der Waals surface area contributed by atoms with Crippen molar-refractivity contribution in [3.05, 3.63) is 54.1 Å². The third kappa shape index (κ3) is 7.66. The molecule has 0 fully saturated rings. The Morgan fingerprint density at radius 1 is 1.08 bits per heavy atom. The molecular formula is C23H33N. The molecule has 0 bridgehead atoms. The molecule has 0 aliphatic carbocycles. The van der Waals surface area contributed by atoms with Crippen molar-refractivity contribution in [2.45, 2.75) is 47.0 Å². The topological polar surface area (TPSA) is 3.24 Å². The number of likely N-dealkylation sites (N-methyl/N-ethyl adjacent to an activating group) is 1. The van der Waals surface area contributed by atoms with E-state index in [1.54, 1.807) is 0 Å². The standard InChI is InChI=1S/C23H33N/c1-19(20-12-14-21(15-13-20)23(5,6)7)18-24(8)17-11-9-10-16-22(2,3)4/h9,11-15H,1,17-18H2,2-8H3/b11-9+. The Morgan fingerprint density at radius 3 is 2.17 bits per heavy atom. The van der Waals surface area contributed by atoms with Crippen LogP contribution in [0.5, 0.6) is 0 Å². The summed E-state index contributed by atoms with van der Waals surface area (Å²) in [5.74, 6) is 6.31. The van der Waals surface area contributed by atoms with Gasteiger partial charge in [0.2, 0.25) is 0 Å². The van der Waals surface area contributed by atoms with Crippen LogP contribution >= 0.6 is 0 Å². The van der Waals surface area contributed by atoms with Gasteiger partial charge in [-0.3, -0.25) is 4.90 Å². The van der Waals surface area contributed by atoms with Gasteiger partial charge in [-0.05, 0) is 56.0 Å². The lowest BCUT2D eigenvalue weighted by molar-refractivity contribution is 0.419. The van der Waals surface area contributed by atoms with Crippen LogP contribution in [0.2, 0.25) is 0 Å². The van der Waals surface area contributed by atoms with Crippen LogP contribution in [-0.2, 0) is 5.41 Å². The summed E-state index contributed by atoms with van der Waals surface area (Å²) in [4.78, 5) is 2.25. The molecule has 1 rings (SSSR count). The smallest absolute Gasteiger partial charge is 0.0234 e. The number of allylic oxidation sites excluding steroid dienone is 1. The van der Waals surface area contributed by atoms with Crippen molar-refractivity contribution in [2.75, 3.05) is 20.1 Å². The molecular weight excluding hydrogens is 290 g/mol. The van der Waals surface area contributed by atoms with Gasteiger partial charge in [-0.25, -0.2) is 0 Å². The molecule has 1 aromatic carbocycles. The molecule has 130 valence electrons. The normalized spacial score (nSPS) is 12.3. The summed E-state index contributed by atoms with van der Waals surface area (Å²) in [5, 5.41) is 0. The lowest BCUT2D eigenvalue weighted by Crippen LogP contribution is -2.20. The van der Waals surface area contributed by atoms with Crippen molar-refractivity contribution in [2.24, 2.45) is 5.41 Å². The molecule has 24 heavy (non-hydrogen) atoms. The zero-order valence-corrected chi connectivity index (χ0v) is 16.5. The Bertz CT molecular complexity index is 622. The molecule has 0 atom stereocenters. The third-order valence-corrected chi connectivity index (χ3v) is 3.69. The molecule has 0 unspecified atom stereocenters. The summed E-state index contributed by atoms with van der Waals surface area (Å²) < 4.78 is 0. The van der Waals surface area contributed by atoms with E-state index in [4.69, 9.17) is 0 Å². The quantitative estimate of drug-likeness (QED) is 0.644. The van der Waals surface area contributed by atoms with E-state index in [2.05, 4.69) is 102 Å². The van der Waals surface area contributed by atoms with Gasteiger partial charge in [0.25, 0.3) is 0 Å². The second-order valence-corrected chi connectivity index (χ2v) is 8.55. The van der Waals surface area contributed by atoms with E-state index in [0.29, 0.717) is 0 Å². The molecule has 1 nitrogen and oxygen atoms in total. The van der Waals surface area contributed by atoms with Crippen molar-refractivity contribution < 1.29 is 0 Å². The van der Waals surface area contributed by atoms with Crippen LogP contribution in [0.25, 0.3) is 5.57 Å². The maximum absolute atomic E-state index is 4.24. The second kappa shape index (κ2) is 8.36. The Kier molecular flexibility index (Phi) is 7.06. The van der Waals surface area contributed by atoms with Crippen LogP contribution < -0.4 is 0 Å². The molecule has 0 aliphatic rings. The van der Waals surface area contributed by atoms with E-state index in [0.717, 1.165) is 18.7 Å². The molecule has 0 aromatic heterocycles. The highest BCUT2D eigenvalue weighted by Crippen LogP contribution is 2.24. The van der Waals surface area contributed by atoms with E-state index in [1.807, 2.05) is 6.08 Å². The van der Waals surface area contributed by atoms with E-state index in [1.165, 1.54) is 11.1 Å². The van der Waals surface area contributed by atoms with Crippen molar-refractivity contribution in [1.29, 1.82) is 0 Å². The molecule has 0 heterocycles. The first-order chi connectivity index (χ1) is 11.0. The van der Waals surface area contributed by atoms with Crippen molar-refractivity contribution >= 4 is 5.57 Å². The van der Waals surface area contributed by atoms with E-state index < -0.39 is 0 Å². The molecule has 1 aromatic rings. The lowest BCUT2D eigenvalue weighted by Gasteiger charge is -2.20. The predicted octanol–water partition coefficient (Wildman–Crippen LogP) is 5.53. The van der Waals surface area contributed by atoms with Crippen LogP contribution in [0.15, 0.2) is 43.0 Å². The van der Waals surface area contributed by atoms with Gasteiger partial charge in [-0.15, -0.1) is 0 Å². The van der Waals surface area contributed by atoms with Gasteiger partial charge in [0.1, 0.15) is 0 Å². The van der Waals surface area contributed by atoms with Crippen LogP contribution in [-0.4, -0.2) is 25.0 Å². The van der Waals surface area contributed by atoms with Gasteiger partial charge in [-0.2, -0.15) is 0 Å². The van der Waals surface area contributed by atoms with Crippen LogP contribution in [0.3, 0.4) is 0 Å². The number of rotatable bonds is 5. The Hall–Kier alpha value is -1.78. The summed E-state index contributed by atoms with van der Waals surface area (Å²) in [5.41, 5.74) is 3.96. The zero-order chi connectivity index (χ0) is 18.4. The predicted molar refractivity (Wildman–Crippen MR) is 108 cm³/mol. The van der Waals surface area contributed by atoms with E-state index in [-0.39, 0.29) is 10.8 Å². The summed E-state index contributed by atoms with van der Waals surface area (Å²) in [6.07, 6.45) is 4.05. The Balaban J connectivity index is 2.55. The number of hydrogen-bond acceptors (Lipinski definition) is 1. The van der Waals surface area contributed by atoms with E-state index >= 15 is 0 Å². The van der Waals surface area contributed by atoms with Crippen LogP contribution in [0.1, 0.15) is 52.7 Å². The fraction of sp³-hybridized carbons (Fsp3) is 0.478. The van der Waals surface area contributed by atoms with Gasteiger partial charge >= 0.3 is 0 Å². The van der Waals surface area contributed by atoms with E-state index in [9.17, 15) is 0 Å². The summed E-state index contributed by atoms with van der Waals surface area (Å²) in [6.45, 7) is 19.0. The lowest BCUT2D eigenvalue weighted by atomic mass is 9.86. The molecule has 0 saturated carbocycles. The average Bonchev–Trinajstić information content (AvgIpc) is 2.44. The molecule has 0 radical (unpaired) electrons. The first-order valence-electron chi connectivity index (χ1n) is 8.64. The molecule has 1 heteroatoms. The molecule has 0 amide bonds. The first kappa shape index (κ1) is 20.3. The number of benzene rings is 1. The van der Waals surface area contributed by atoms with Crippen molar-refractivity contribution in [1.82, 2.24) is 4.90 Å². The highest BCUT2D eigenvalue weighted by atomic mass is 15.1. The van der Waals surface area contributed by atoms with Crippen LogP contribution in [0, 0.1) is 17.3 Å². The zero-order valence-electron chi connectivity index (χ0n) is 16.5. The summed E-state index contributed by atoms with van der Waals surface area (Å²) in [6, 6.07) is 8.79. The SMILES string of the molecule is C=C(CN(C)C/C=C/C#CC(C)(C)C)c1ccc(C(C)(C)C)cc1. The minimum atomic E-state index is 0.0593. The van der Waals surface area contributed by atoms with Gasteiger partial charge in [-0.1, -0.05) is 69.5 Å². The number of nitrogens with zero attached hydrogens (tertiary/aromatic N) is 1. The minimum Gasteiger partial charge on any atom is -0.298 e. The van der Waals surface area contributed by atoms with Gasteiger partial charge in [0, 0.05) is 18.5 Å². The highest BCUT2D eigenvalue weighted by molar-refractivity contribution is 5.65. The Labute approximate surface area is 149 Å². The average molecular weight is 324 g/mol. The highest BCUT2D eigenvalue weighted by Gasteiger charge is 2.13. The maximum atomic E-state index is 4.24. The summed E-state index contributed by atoms with van der Waals surface area (Å²) >= 11 is 0. The largest absolute Gasteiger partial charge is 0.298 e. The minimum absolute atomic E-state index is 0.0593. The third-order valence-electron chi connectivity index (χ3n) is 3.69.